The SMILES string of the molecule is O=C(NC1CCCCC1)N[C@@]1(C(F)(F)F)Oc2ccc(Cl)cc2O1. The minimum atomic E-state index is -4.98. The predicted octanol–water partition coefficient (Wildman–Crippen LogP) is 3.96. The number of carbonyl (C=O) groups excluding carboxylic acids is 1. The van der Waals surface area contributed by atoms with Gasteiger partial charge in [0, 0.05) is 17.1 Å². The minimum Gasteiger partial charge on any atom is -0.424 e. The molecule has 0 spiro atoms. The molecule has 0 aromatic heterocycles. The van der Waals surface area contributed by atoms with Gasteiger partial charge in [-0.2, -0.15) is 13.2 Å². The van der Waals surface area contributed by atoms with Gasteiger partial charge in [-0.15, -0.1) is 0 Å². The van der Waals surface area contributed by atoms with Crippen molar-refractivity contribution in [2.75, 3.05) is 0 Å². The van der Waals surface area contributed by atoms with E-state index in [2.05, 4.69) is 5.32 Å². The van der Waals surface area contributed by atoms with Gasteiger partial charge in [0.1, 0.15) is 0 Å². The van der Waals surface area contributed by atoms with E-state index < -0.39 is 18.1 Å². The van der Waals surface area contributed by atoms with Gasteiger partial charge in [0.05, 0.1) is 0 Å². The third kappa shape index (κ3) is 3.33. The van der Waals surface area contributed by atoms with E-state index in [9.17, 15) is 18.0 Å². The molecule has 2 N–H and O–H groups in total. The highest BCUT2D eigenvalue weighted by Gasteiger charge is 2.65. The van der Waals surface area contributed by atoms with Crippen LogP contribution in [0.2, 0.25) is 5.02 Å². The molecule has 0 saturated heterocycles. The quantitative estimate of drug-likeness (QED) is 0.835. The number of carbonyl (C=O) groups is 1. The van der Waals surface area contributed by atoms with Crippen molar-refractivity contribution in [2.24, 2.45) is 0 Å². The largest absolute Gasteiger partial charge is 0.492 e. The Hall–Kier alpha value is -1.83. The van der Waals surface area contributed by atoms with Gasteiger partial charge in [0.15, 0.2) is 11.5 Å². The van der Waals surface area contributed by atoms with Gasteiger partial charge in [-0.05, 0) is 25.0 Å². The van der Waals surface area contributed by atoms with Gasteiger partial charge in [-0.3, -0.25) is 5.32 Å². The zero-order chi connectivity index (χ0) is 17.4. The normalized spacial score (nSPS) is 23.8. The van der Waals surface area contributed by atoms with Gasteiger partial charge in [-0.25, -0.2) is 4.79 Å². The molecule has 0 bridgehead atoms. The summed E-state index contributed by atoms with van der Waals surface area (Å²) in [7, 11) is 0. The third-order valence-electron chi connectivity index (χ3n) is 4.00. The van der Waals surface area contributed by atoms with Crippen LogP contribution in [0.15, 0.2) is 18.2 Å². The maximum absolute atomic E-state index is 13.5. The summed E-state index contributed by atoms with van der Waals surface area (Å²) in [6.45, 7) is 0. The van der Waals surface area contributed by atoms with Gasteiger partial charge in [0.2, 0.25) is 0 Å². The second kappa shape index (κ2) is 6.23. The highest BCUT2D eigenvalue weighted by atomic mass is 35.5. The predicted molar refractivity (Wildman–Crippen MR) is 80.0 cm³/mol. The summed E-state index contributed by atoms with van der Waals surface area (Å²) in [5.74, 6) is -3.59. The van der Waals surface area contributed by atoms with Crippen molar-refractivity contribution < 1.29 is 27.4 Å². The van der Waals surface area contributed by atoms with Crippen LogP contribution in [0.4, 0.5) is 18.0 Å². The maximum Gasteiger partial charge on any atom is 0.492 e. The number of amides is 2. The molecule has 1 aromatic rings. The summed E-state index contributed by atoms with van der Waals surface area (Å²) in [4.78, 5) is 12.0. The Morgan fingerprint density at radius 1 is 1.17 bits per heavy atom. The Balaban J connectivity index is 1.75. The lowest BCUT2D eigenvalue weighted by atomic mass is 9.96. The molecule has 0 unspecified atom stereocenters. The second-order valence-electron chi connectivity index (χ2n) is 5.84. The van der Waals surface area contributed by atoms with Crippen LogP contribution in [0.3, 0.4) is 0 Å². The topological polar surface area (TPSA) is 59.6 Å². The van der Waals surface area contributed by atoms with Crippen LogP contribution >= 0.6 is 11.6 Å². The Morgan fingerprint density at radius 2 is 1.83 bits per heavy atom. The molecule has 1 aliphatic carbocycles. The summed E-state index contributed by atoms with van der Waals surface area (Å²) in [5, 5.41) is 4.52. The van der Waals surface area contributed by atoms with E-state index >= 15 is 0 Å². The number of fused-ring (bicyclic) bond motifs is 1. The molecule has 1 saturated carbocycles. The Kier molecular flexibility index (Phi) is 4.42. The molecular formula is C15H16ClF3N2O3. The number of hydrogen-bond donors (Lipinski definition) is 2. The monoisotopic (exact) mass is 364 g/mol. The summed E-state index contributed by atoms with van der Waals surface area (Å²) in [6.07, 6.45) is -0.566. The van der Waals surface area contributed by atoms with Crippen LogP contribution < -0.4 is 20.1 Å². The van der Waals surface area contributed by atoms with Crippen LogP contribution in [-0.4, -0.2) is 24.2 Å². The van der Waals surface area contributed by atoms with E-state index in [1.165, 1.54) is 18.2 Å². The van der Waals surface area contributed by atoms with Gasteiger partial charge < -0.3 is 14.8 Å². The van der Waals surface area contributed by atoms with E-state index in [0.717, 1.165) is 32.1 Å². The smallest absolute Gasteiger partial charge is 0.424 e. The fourth-order valence-electron chi connectivity index (χ4n) is 2.83. The first-order valence-corrected chi connectivity index (χ1v) is 8.00. The number of rotatable bonds is 2. The minimum absolute atomic E-state index is 0.144. The number of hydrogen-bond acceptors (Lipinski definition) is 3. The second-order valence-corrected chi connectivity index (χ2v) is 6.28. The van der Waals surface area contributed by atoms with E-state index in [-0.39, 0.29) is 22.6 Å². The molecule has 1 aliphatic heterocycles. The first-order valence-electron chi connectivity index (χ1n) is 7.62. The summed E-state index contributed by atoms with van der Waals surface area (Å²) >= 11 is 5.75. The first-order chi connectivity index (χ1) is 11.3. The number of ether oxygens (including phenoxy) is 2. The molecule has 9 heteroatoms. The van der Waals surface area contributed by atoms with E-state index in [1.807, 2.05) is 0 Å². The van der Waals surface area contributed by atoms with Crippen molar-refractivity contribution in [3.05, 3.63) is 23.2 Å². The van der Waals surface area contributed by atoms with E-state index in [4.69, 9.17) is 21.1 Å². The molecule has 2 aliphatic rings. The molecule has 1 heterocycles. The highest BCUT2D eigenvalue weighted by molar-refractivity contribution is 6.30. The van der Waals surface area contributed by atoms with Crippen molar-refractivity contribution in [1.82, 2.24) is 10.6 Å². The Bertz CT molecular complexity index is 635. The van der Waals surface area contributed by atoms with Crippen molar-refractivity contribution >= 4 is 17.6 Å². The maximum atomic E-state index is 13.5. The van der Waals surface area contributed by atoms with Gasteiger partial charge >= 0.3 is 18.1 Å². The molecule has 3 rings (SSSR count). The Morgan fingerprint density at radius 3 is 2.50 bits per heavy atom. The van der Waals surface area contributed by atoms with Crippen LogP contribution in [0.25, 0.3) is 0 Å². The lowest BCUT2D eigenvalue weighted by molar-refractivity contribution is -0.317. The molecule has 1 fully saturated rings. The number of benzene rings is 1. The third-order valence-corrected chi connectivity index (χ3v) is 4.24. The highest BCUT2D eigenvalue weighted by Crippen LogP contribution is 2.46. The summed E-state index contributed by atoms with van der Waals surface area (Å²) in [5.41, 5.74) is 0. The van der Waals surface area contributed by atoms with Crippen molar-refractivity contribution in [3.8, 4) is 11.5 Å². The van der Waals surface area contributed by atoms with Crippen LogP contribution in [-0.2, 0) is 0 Å². The molecule has 2 amide bonds. The molecule has 0 radical (unpaired) electrons. The zero-order valence-corrected chi connectivity index (χ0v) is 13.3. The molecule has 132 valence electrons. The first kappa shape index (κ1) is 17.0. The van der Waals surface area contributed by atoms with Crippen LogP contribution in [0.5, 0.6) is 11.5 Å². The molecule has 5 nitrogen and oxygen atoms in total. The van der Waals surface area contributed by atoms with Crippen LogP contribution in [0, 0.1) is 0 Å². The van der Waals surface area contributed by atoms with Crippen molar-refractivity contribution in [3.63, 3.8) is 0 Å². The van der Waals surface area contributed by atoms with Crippen LogP contribution in [0.1, 0.15) is 32.1 Å². The number of alkyl halides is 3. The number of halogens is 4. The standard InChI is InChI=1S/C15H16ClF3N2O3/c16-9-6-7-11-12(8-9)24-15(23-11,14(17,18)19)21-13(22)20-10-4-2-1-3-5-10/h6-8,10H,1-5H2,(H2,20,21,22)/t15-/m0/s1. The summed E-state index contributed by atoms with van der Waals surface area (Å²) in [6, 6.07) is 2.69. The fraction of sp³-hybridized carbons (Fsp3) is 0.533. The summed E-state index contributed by atoms with van der Waals surface area (Å²) < 4.78 is 50.3. The molecule has 1 aromatic carbocycles. The number of nitrogens with one attached hydrogen (secondary N) is 2. The average molecular weight is 365 g/mol. The fourth-order valence-corrected chi connectivity index (χ4v) is 2.99. The van der Waals surface area contributed by atoms with Crippen molar-refractivity contribution in [2.45, 2.75) is 50.2 Å². The zero-order valence-electron chi connectivity index (χ0n) is 12.6. The van der Waals surface area contributed by atoms with E-state index in [0.29, 0.717) is 0 Å². The molecule has 1 atom stereocenters. The number of urea groups is 1. The average Bonchev–Trinajstić information content (AvgIpc) is 2.86. The van der Waals surface area contributed by atoms with Crippen molar-refractivity contribution in [1.29, 1.82) is 0 Å². The molecular weight excluding hydrogens is 349 g/mol. The lowest BCUT2D eigenvalue weighted by Crippen LogP contribution is -2.66. The van der Waals surface area contributed by atoms with Gasteiger partial charge in [0.25, 0.3) is 0 Å². The Labute approximate surface area is 141 Å². The van der Waals surface area contributed by atoms with Gasteiger partial charge in [-0.1, -0.05) is 30.9 Å². The lowest BCUT2D eigenvalue weighted by Gasteiger charge is -2.31. The molecule has 24 heavy (non-hydrogen) atoms. The van der Waals surface area contributed by atoms with E-state index in [1.54, 1.807) is 5.32 Å².